The van der Waals surface area contributed by atoms with Gasteiger partial charge in [-0.25, -0.2) is 18.4 Å². The largest absolute Gasteiger partial charge is 0.480 e. The molecule has 0 saturated carbocycles. The van der Waals surface area contributed by atoms with Crippen LogP contribution in [0.15, 0.2) is 24.3 Å². The second kappa shape index (κ2) is 6.67. The van der Waals surface area contributed by atoms with E-state index in [2.05, 4.69) is 0 Å². The van der Waals surface area contributed by atoms with Gasteiger partial charge in [-0.3, -0.25) is 4.79 Å². The highest BCUT2D eigenvalue weighted by Crippen LogP contribution is 2.24. The maximum atomic E-state index is 12.1. The summed E-state index contributed by atoms with van der Waals surface area (Å²) in [6, 6.07) is 6.38. The van der Waals surface area contributed by atoms with Crippen LogP contribution in [-0.2, 0) is 26.0 Å². The molecule has 1 heterocycles. The Bertz CT molecular complexity index is 716. The number of sulfonamides is 1. The predicted octanol–water partition coefficient (Wildman–Crippen LogP) is 0.128. The second-order valence-corrected chi connectivity index (χ2v) is 7.59. The Balaban J connectivity index is 2.17. The Hall–Kier alpha value is -1.93. The molecule has 2 atom stereocenters. The second-order valence-electron chi connectivity index (χ2n) is 5.93. The van der Waals surface area contributed by atoms with Crippen LogP contribution in [0.5, 0.6) is 0 Å². The molecule has 1 amide bonds. The van der Waals surface area contributed by atoms with Crippen LogP contribution in [0.4, 0.5) is 0 Å². The van der Waals surface area contributed by atoms with Crippen LogP contribution in [0.2, 0.25) is 0 Å². The van der Waals surface area contributed by atoms with Gasteiger partial charge in [0.15, 0.2) is 0 Å². The summed E-state index contributed by atoms with van der Waals surface area (Å²) in [5.41, 5.74) is 1.80. The van der Waals surface area contributed by atoms with Gasteiger partial charge in [-0.2, -0.15) is 0 Å². The monoisotopic (exact) mass is 340 g/mol. The fourth-order valence-electron chi connectivity index (χ4n) is 2.93. The normalized spacial score (nSPS) is 19.8. The third kappa shape index (κ3) is 4.52. The van der Waals surface area contributed by atoms with Crippen LogP contribution in [0, 0.1) is 12.8 Å². The number of likely N-dealkylation sites (tertiary alicyclic amines) is 1. The predicted molar refractivity (Wildman–Crippen MR) is 84.1 cm³/mol. The number of carboxylic acid groups (broad SMARTS) is 1. The minimum Gasteiger partial charge on any atom is -0.480 e. The number of carbonyl (C=O) groups is 2. The van der Waals surface area contributed by atoms with Gasteiger partial charge in [0.05, 0.1) is 5.75 Å². The average Bonchev–Trinajstić information content (AvgIpc) is 2.75. The summed E-state index contributed by atoms with van der Waals surface area (Å²) in [6.45, 7) is 1.97. The third-order valence-corrected chi connectivity index (χ3v) is 4.98. The number of amides is 1. The maximum absolute atomic E-state index is 12.1. The van der Waals surface area contributed by atoms with E-state index < -0.39 is 28.0 Å². The Morgan fingerprint density at radius 2 is 2.09 bits per heavy atom. The van der Waals surface area contributed by atoms with Crippen molar-refractivity contribution >= 4 is 21.9 Å². The first kappa shape index (κ1) is 17.4. The van der Waals surface area contributed by atoms with E-state index in [0.29, 0.717) is 0 Å². The number of hydrogen-bond donors (Lipinski definition) is 2. The van der Waals surface area contributed by atoms with Gasteiger partial charge in [-0.05, 0) is 18.1 Å². The molecule has 1 aliphatic rings. The molecule has 1 aliphatic heterocycles. The number of carbonyl (C=O) groups excluding carboxylic acids is 1. The first-order valence-corrected chi connectivity index (χ1v) is 8.96. The van der Waals surface area contributed by atoms with Crippen molar-refractivity contribution in [3.63, 3.8) is 0 Å². The van der Waals surface area contributed by atoms with Crippen LogP contribution in [0.25, 0.3) is 0 Å². The SMILES string of the molecule is Cc1ccccc1C[C@@H](C(=O)O)N1CC(CS(N)(=O)=O)CC1=O. The van der Waals surface area contributed by atoms with Crippen molar-refractivity contribution in [3.8, 4) is 0 Å². The molecule has 0 spiro atoms. The fraction of sp³-hybridized carbons (Fsp3) is 0.467. The van der Waals surface area contributed by atoms with Gasteiger partial charge in [-0.15, -0.1) is 0 Å². The van der Waals surface area contributed by atoms with Crippen LogP contribution >= 0.6 is 0 Å². The first-order chi connectivity index (χ1) is 10.7. The molecule has 1 fully saturated rings. The van der Waals surface area contributed by atoms with Crippen molar-refractivity contribution in [2.75, 3.05) is 12.3 Å². The topological polar surface area (TPSA) is 118 Å². The molecule has 0 bridgehead atoms. The number of nitrogens with zero attached hydrogens (tertiary/aromatic N) is 1. The minimum absolute atomic E-state index is 0.00792. The van der Waals surface area contributed by atoms with Crippen molar-refractivity contribution in [1.82, 2.24) is 4.90 Å². The van der Waals surface area contributed by atoms with Gasteiger partial charge in [0.2, 0.25) is 15.9 Å². The summed E-state index contributed by atoms with van der Waals surface area (Å²) >= 11 is 0. The fourth-order valence-corrected chi connectivity index (χ4v) is 3.81. The smallest absolute Gasteiger partial charge is 0.326 e. The molecule has 8 heteroatoms. The van der Waals surface area contributed by atoms with Gasteiger partial charge in [0.25, 0.3) is 0 Å². The highest BCUT2D eigenvalue weighted by molar-refractivity contribution is 7.89. The number of aryl methyl sites for hydroxylation is 1. The minimum atomic E-state index is -3.69. The summed E-state index contributed by atoms with van der Waals surface area (Å²) in [5, 5.41) is 14.5. The zero-order chi connectivity index (χ0) is 17.2. The molecule has 1 saturated heterocycles. The zero-order valence-electron chi connectivity index (χ0n) is 12.8. The number of nitrogens with two attached hydrogens (primary N) is 1. The molecule has 2 rings (SSSR count). The lowest BCUT2D eigenvalue weighted by Crippen LogP contribution is -2.44. The summed E-state index contributed by atoms with van der Waals surface area (Å²) in [4.78, 5) is 25.0. The van der Waals surface area contributed by atoms with Crippen LogP contribution in [0.3, 0.4) is 0 Å². The number of aliphatic carboxylic acids is 1. The molecular formula is C15H20N2O5S. The lowest BCUT2D eigenvalue weighted by molar-refractivity contribution is -0.148. The molecule has 0 aliphatic carbocycles. The standard InChI is InChI=1S/C15H20N2O5S/c1-10-4-2-3-5-12(10)7-13(15(19)20)17-8-11(6-14(17)18)9-23(16,21)22/h2-5,11,13H,6-9H2,1H3,(H,19,20)(H2,16,21,22)/t11?,13-/m0/s1. The maximum Gasteiger partial charge on any atom is 0.326 e. The highest BCUT2D eigenvalue weighted by atomic mass is 32.2. The molecular weight excluding hydrogens is 320 g/mol. The number of hydrogen-bond acceptors (Lipinski definition) is 4. The molecule has 126 valence electrons. The van der Waals surface area contributed by atoms with E-state index in [1.165, 1.54) is 4.90 Å². The van der Waals surface area contributed by atoms with E-state index in [9.17, 15) is 23.1 Å². The Labute approximate surface area is 135 Å². The molecule has 23 heavy (non-hydrogen) atoms. The number of benzene rings is 1. The molecule has 0 aromatic heterocycles. The van der Waals surface area contributed by atoms with E-state index in [1.54, 1.807) is 0 Å². The van der Waals surface area contributed by atoms with Gasteiger partial charge in [0, 0.05) is 25.3 Å². The summed E-state index contributed by atoms with van der Waals surface area (Å²) in [7, 11) is -3.69. The Kier molecular flexibility index (Phi) is 5.06. The molecule has 7 nitrogen and oxygen atoms in total. The third-order valence-electron chi connectivity index (χ3n) is 4.04. The van der Waals surface area contributed by atoms with E-state index in [4.69, 9.17) is 5.14 Å². The van der Waals surface area contributed by atoms with Gasteiger partial charge in [0.1, 0.15) is 6.04 Å². The Morgan fingerprint density at radius 1 is 1.43 bits per heavy atom. The summed E-state index contributed by atoms with van der Waals surface area (Å²) in [5.74, 6) is -2.22. The van der Waals surface area contributed by atoms with Crippen molar-refractivity contribution < 1.29 is 23.1 Å². The average molecular weight is 340 g/mol. The van der Waals surface area contributed by atoms with E-state index in [-0.39, 0.29) is 31.0 Å². The Morgan fingerprint density at radius 3 is 2.65 bits per heavy atom. The van der Waals surface area contributed by atoms with E-state index >= 15 is 0 Å². The van der Waals surface area contributed by atoms with Crippen molar-refractivity contribution in [2.24, 2.45) is 11.1 Å². The van der Waals surface area contributed by atoms with Crippen molar-refractivity contribution in [2.45, 2.75) is 25.8 Å². The molecule has 3 N–H and O–H groups in total. The van der Waals surface area contributed by atoms with Gasteiger partial charge in [-0.1, -0.05) is 24.3 Å². The zero-order valence-corrected chi connectivity index (χ0v) is 13.6. The van der Waals surface area contributed by atoms with E-state index in [1.807, 2.05) is 31.2 Å². The number of rotatable bonds is 6. The van der Waals surface area contributed by atoms with Gasteiger partial charge < -0.3 is 10.0 Å². The molecule has 1 unspecified atom stereocenters. The van der Waals surface area contributed by atoms with Crippen LogP contribution in [0.1, 0.15) is 17.5 Å². The lowest BCUT2D eigenvalue weighted by Gasteiger charge is -2.25. The number of carboxylic acids is 1. The number of primary sulfonamides is 1. The van der Waals surface area contributed by atoms with Crippen LogP contribution < -0.4 is 5.14 Å². The first-order valence-electron chi connectivity index (χ1n) is 7.24. The quantitative estimate of drug-likeness (QED) is 0.763. The lowest BCUT2D eigenvalue weighted by atomic mass is 10.0. The van der Waals surface area contributed by atoms with Gasteiger partial charge >= 0.3 is 5.97 Å². The summed E-state index contributed by atoms with van der Waals surface area (Å²) < 4.78 is 22.3. The van der Waals surface area contributed by atoms with Crippen LogP contribution in [-0.4, -0.2) is 48.6 Å². The molecule has 0 radical (unpaired) electrons. The highest BCUT2D eigenvalue weighted by Gasteiger charge is 2.38. The van der Waals surface area contributed by atoms with E-state index in [0.717, 1.165) is 11.1 Å². The van der Waals surface area contributed by atoms with Crippen molar-refractivity contribution in [3.05, 3.63) is 35.4 Å². The van der Waals surface area contributed by atoms with Crippen molar-refractivity contribution in [1.29, 1.82) is 0 Å². The summed E-state index contributed by atoms with van der Waals surface area (Å²) in [6.07, 6.45) is 0.198. The molecule has 1 aromatic carbocycles. The molecule has 1 aromatic rings.